The first kappa shape index (κ1) is 53.3. The Hall–Kier alpha value is -2.27. The number of methoxy groups -OCH3 is 2. The first-order chi connectivity index (χ1) is 29.6. The topological polar surface area (TPSA) is 239 Å². The van der Waals surface area contributed by atoms with Crippen molar-refractivity contribution in [2.75, 3.05) is 34.9 Å². The summed E-state index contributed by atoms with van der Waals surface area (Å²) >= 11 is 0. The van der Waals surface area contributed by atoms with Gasteiger partial charge in [-0.1, -0.05) is 31.6 Å². The molecule has 362 valence electrons. The van der Waals surface area contributed by atoms with Crippen LogP contribution in [0.1, 0.15) is 87.0 Å². The molecule has 0 amide bonds. The third-order valence-electron chi connectivity index (χ3n) is 12.9. The quantitative estimate of drug-likeness (QED) is 0.130. The average molecular weight is 902 g/mol. The Morgan fingerprint density at radius 2 is 1.54 bits per heavy atom. The number of esters is 1. The van der Waals surface area contributed by atoms with Crippen molar-refractivity contribution in [3.8, 4) is 0 Å². The molecule has 0 spiro atoms. The van der Waals surface area contributed by atoms with E-state index in [4.69, 9.17) is 42.6 Å². The SMILES string of the molecule is CC[C@H]1OC(=O)C[C@@H](O)C[C@@H](OC2OC(C)[C@@H](O[C@H]3CC(C)(O)C(O)[C@@H](C)O3)[C@@H](N(C)C)[C@@H]2O)[C@@H](CC=O)C[C@@H](C)C(=O)/C=C/C(C)=C/[C@@H]1CO[C@@H]1OC(C)[C@@H](O)[C@H](OC)C1OC. The predicted octanol–water partition coefficient (Wildman–Crippen LogP) is 1.59. The van der Waals surface area contributed by atoms with Crippen LogP contribution in [0.2, 0.25) is 0 Å². The van der Waals surface area contributed by atoms with Crippen molar-refractivity contribution >= 4 is 18.0 Å². The molecule has 5 N–H and O–H groups in total. The first-order valence-electron chi connectivity index (χ1n) is 22.2. The van der Waals surface area contributed by atoms with E-state index in [9.17, 15) is 39.9 Å². The molecule has 0 bridgehead atoms. The van der Waals surface area contributed by atoms with Crippen LogP contribution >= 0.6 is 0 Å². The zero-order chi connectivity index (χ0) is 46.9. The van der Waals surface area contributed by atoms with Gasteiger partial charge < -0.3 is 77.9 Å². The lowest BCUT2D eigenvalue weighted by atomic mass is 9.84. The summed E-state index contributed by atoms with van der Waals surface area (Å²) in [5.74, 6) is -2.69. The van der Waals surface area contributed by atoms with Crippen LogP contribution in [0, 0.1) is 17.8 Å². The van der Waals surface area contributed by atoms with Gasteiger partial charge in [-0.25, -0.2) is 0 Å². The maximum absolute atomic E-state index is 13.6. The van der Waals surface area contributed by atoms with Crippen LogP contribution in [-0.4, -0.2) is 187 Å². The monoisotopic (exact) mass is 902 g/mol. The van der Waals surface area contributed by atoms with E-state index in [1.165, 1.54) is 27.2 Å². The van der Waals surface area contributed by atoms with Crippen LogP contribution in [0.15, 0.2) is 23.8 Å². The maximum atomic E-state index is 13.6. The van der Waals surface area contributed by atoms with Crippen molar-refractivity contribution in [1.29, 1.82) is 0 Å². The number of likely N-dealkylation sites (N-methyl/N-ethyl adjacent to an activating group) is 1. The normalized spacial score (nSPS) is 45.3. The van der Waals surface area contributed by atoms with E-state index in [1.807, 2.05) is 13.0 Å². The van der Waals surface area contributed by atoms with E-state index in [0.717, 1.165) is 0 Å². The molecule has 4 heterocycles. The molecule has 18 heteroatoms. The van der Waals surface area contributed by atoms with E-state index in [2.05, 4.69) is 0 Å². The number of ketones is 1. The van der Waals surface area contributed by atoms with Crippen LogP contribution < -0.4 is 0 Å². The number of carbonyl (C=O) groups excluding carboxylic acids is 3. The summed E-state index contributed by atoms with van der Waals surface area (Å²) in [4.78, 5) is 41.2. The number of cyclic esters (lactones) is 1. The number of allylic oxidation sites excluding steroid dienone is 3. The van der Waals surface area contributed by atoms with Gasteiger partial charge in [0.1, 0.15) is 49.0 Å². The Kier molecular flexibility index (Phi) is 20.3. The van der Waals surface area contributed by atoms with Gasteiger partial charge in [0.15, 0.2) is 24.7 Å². The fraction of sp³-hybridized carbons (Fsp3) is 0.844. The largest absolute Gasteiger partial charge is 0.462 e. The van der Waals surface area contributed by atoms with E-state index in [-0.39, 0.29) is 38.1 Å². The number of aliphatic hydroxyl groups is 5. The zero-order valence-corrected chi connectivity index (χ0v) is 38.8. The molecule has 4 aliphatic heterocycles. The van der Waals surface area contributed by atoms with Crippen LogP contribution in [0.4, 0.5) is 0 Å². The molecule has 0 aliphatic carbocycles. The molecule has 4 aliphatic rings. The predicted molar refractivity (Wildman–Crippen MR) is 226 cm³/mol. The van der Waals surface area contributed by atoms with Crippen molar-refractivity contribution in [1.82, 2.24) is 4.90 Å². The lowest BCUT2D eigenvalue weighted by molar-refractivity contribution is -0.339. The Balaban J connectivity index is 1.58. The summed E-state index contributed by atoms with van der Waals surface area (Å²) in [6, 6.07) is -0.739. The lowest BCUT2D eigenvalue weighted by Crippen LogP contribution is -2.65. The molecule has 20 atom stereocenters. The van der Waals surface area contributed by atoms with Gasteiger partial charge in [-0.15, -0.1) is 0 Å². The number of rotatable bonds is 13. The highest BCUT2D eigenvalue weighted by atomic mass is 16.7. The highest BCUT2D eigenvalue weighted by Gasteiger charge is 2.51. The molecule has 4 rings (SSSR count). The van der Waals surface area contributed by atoms with Gasteiger partial charge in [0.25, 0.3) is 0 Å². The molecule has 0 aromatic rings. The molecular formula is C45H75NO17. The molecule has 0 aromatic heterocycles. The Labute approximate surface area is 372 Å². The van der Waals surface area contributed by atoms with E-state index in [0.29, 0.717) is 18.3 Å². The molecule has 6 unspecified atom stereocenters. The van der Waals surface area contributed by atoms with Crippen LogP contribution in [0.3, 0.4) is 0 Å². The first-order valence-corrected chi connectivity index (χ1v) is 22.2. The Bertz CT molecular complexity index is 1530. The summed E-state index contributed by atoms with van der Waals surface area (Å²) in [5, 5.41) is 55.4. The summed E-state index contributed by atoms with van der Waals surface area (Å²) < 4.78 is 54.4. The van der Waals surface area contributed by atoms with Crippen molar-refractivity contribution in [2.24, 2.45) is 17.8 Å². The fourth-order valence-corrected chi connectivity index (χ4v) is 9.22. The van der Waals surface area contributed by atoms with Gasteiger partial charge >= 0.3 is 5.97 Å². The van der Waals surface area contributed by atoms with Crippen LogP contribution in [-0.2, 0) is 57.0 Å². The Morgan fingerprint density at radius 3 is 2.14 bits per heavy atom. The van der Waals surface area contributed by atoms with Gasteiger partial charge in [0.2, 0.25) is 0 Å². The summed E-state index contributed by atoms with van der Waals surface area (Å²) in [6.07, 6.45) is -8.49. The second-order valence-corrected chi connectivity index (χ2v) is 18.3. The Morgan fingerprint density at radius 1 is 0.873 bits per heavy atom. The zero-order valence-electron chi connectivity index (χ0n) is 38.8. The minimum atomic E-state index is -1.49. The van der Waals surface area contributed by atoms with E-state index in [1.54, 1.807) is 59.7 Å². The van der Waals surface area contributed by atoms with E-state index >= 15 is 0 Å². The maximum Gasteiger partial charge on any atom is 0.308 e. The second kappa shape index (κ2) is 24.0. The highest BCUT2D eigenvalue weighted by Crippen LogP contribution is 2.36. The number of hydrogen-bond acceptors (Lipinski definition) is 18. The van der Waals surface area contributed by atoms with Crippen molar-refractivity contribution in [3.05, 3.63) is 23.8 Å². The van der Waals surface area contributed by atoms with Crippen LogP contribution in [0.5, 0.6) is 0 Å². The lowest BCUT2D eigenvalue weighted by Gasteiger charge is -2.49. The van der Waals surface area contributed by atoms with Crippen molar-refractivity contribution < 1.29 is 82.5 Å². The highest BCUT2D eigenvalue weighted by molar-refractivity contribution is 5.91. The van der Waals surface area contributed by atoms with Gasteiger partial charge in [-0.05, 0) is 73.5 Å². The smallest absolute Gasteiger partial charge is 0.308 e. The second-order valence-electron chi connectivity index (χ2n) is 18.3. The molecule has 3 fully saturated rings. The molecule has 63 heavy (non-hydrogen) atoms. The minimum Gasteiger partial charge on any atom is -0.462 e. The summed E-state index contributed by atoms with van der Waals surface area (Å²) in [5.41, 5.74) is -0.801. The molecule has 3 saturated heterocycles. The van der Waals surface area contributed by atoms with Gasteiger partial charge in [-0.2, -0.15) is 0 Å². The number of carbonyl (C=O) groups is 3. The number of aldehydes is 1. The summed E-state index contributed by atoms with van der Waals surface area (Å²) in [6.45, 7) is 12.0. The number of hydrogen-bond donors (Lipinski definition) is 5. The van der Waals surface area contributed by atoms with Crippen molar-refractivity contribution in [2.45, 2.75) is 191 Å². The van der Waals surface area contributed by atoms with E-state index < -0.39 is 134 Å². The van der Waals surface area contributed by atoms with Gasteiger partial charge in [-0.3, -0.25) is 9.59 Å². The minimum absolute atomic E-state index is 0.00431. The molecule has 18 nitrogen and oxygen atoms in total. The molecule has 0 radical (unpaired) electrons. The van der Waals surface area contributed by atoms with Crippen molar-refractivity contribution in [3.63, 3.8) is 0 Å². The van der Waals surface area contributed by atoms with Crippen LogP contribution in [0.25, 0.3) is 0 Å². The van der Waals surface area contributed by atoms with Gasteiger partial charge in [0, 0.05) is 45.3 Å². The summed E-state index contributed by atoms with van der Waals surface area (Å²) in [7, 11) is 6.43. The fourth-order valence-electron chi connectivity index (χ4n) is 9.22. The standard InChI is InChI=1S/C45H75NO17/c1-12-32-29(22-57-44-41(56-11)40(55-10)37(51)25(4)59-44)17-23(2)13-14-31(49)24(3)18-28(15-16-47)33(19-30(48)20-34(50)61-32)62-43-38(52)36(46(8)9)39(26(5)60-43)63-35-21-45(7,54)42(53)27(6)58-35/h13-14,16-17,24-30,32-33,35-44,48,51-54H,12,15,18-22H2,1-11H3/b14-13+,23-17+/t24-,25?,26?,27-,28+,29-,30+,32-,33-,35+,36+,37-,38+,39-,40+,41?,42?,43?,44-,45?/m1/s1. The number of nitrogens with zero attached hydrogens (tertiary/aromatic N) is 1. The molecule has 0 saturated carbocycles. The molecular weight excluding hydrogens is 826 g/mol. The third-order valence-corrected chi connectivity index (χ3v) is 12.9. The van der Waals surface area contributed by atoms with Gasteiger partial charge in [0.05, 0.1) is 55.2 Å². The third kappa shape index (κ3) is 13.9. The number of ether oxygens (including phenoxy) is 9. The number of aliphatic hydroxyl groups excluding tert-OH is 4. The molecule has 0 aromatic carbocycles. The average Bonchev–Trinajstić information content (AvgIpc) is 3.21.